The molecule has 0 saturated heterocycles. The van der Waals surface area contributed by atoms with Crippen LogP contribution in [0.15, 0.2) is 95.8 Å². The molecule has 7 rings (SSSR count). The van der Waals surface area contributed by atoms with Crippen LogP contribution >= 0.6 is 11.6 Å². The van der Waals surface area contributed by atoms with Crippen LogP contribution in [0.3, 0.4) is 0 Å². The molecule has 4 aromatic carbocycles. The Bertz CT molecular complexity index is 2870. The molecular formula is C39H31ClF3N7O6S. The van der Waals surface area contributed by atoms with Gasteiger partial charge in [0.15, 0.2) is 11.5 Å². The summed E-state index contributed by atoms with van der Waals surface area (Å²) >= 11 is 6.81. The first kappa shape index (κ1) is 38.8. The van der Waals surface area contributed by atoms with Crippen LogP contribution in [0.25, 0.3) is 38.9 Å². The Kier molecular flexibility index (Phi) is 10.4. The van der Waals surface area contributed by atoms with Crippen molar-refractivity contribution in [2.45, 2.75) is 19.0 Å². The number of anilines is 1. The summed E-state index contributed by atoms with van der Waals surface area (Å²) in [5.41, 5.74) is 0.0667. The van der Waals surface area contributed by atoms with E-state index < -0.39 is 51.6 Å². The number of halogens is 4. The van der Waals surface area contributed by atoms with E-state index in [0.717, 1.165) is 27.3 Å². The first-order valence-electron chi connectivity index (χ1n) is 17.0. The average Bonchev–Trinajstić information content (AvgIpc) is 3.50. The zero-order valence-corrected chi connectivity index (χ0v) is 31.8. The van der Waals surface area contributed by atoms with Gasteiger partial charge >= 0.3 is 6.09 Å². The maximum atomic E-state index is 14.9. The standard InChI is InChI=1S/C39H31ClF3N7O6S/c1-48-34-32(15-13-28(40)33(34)37(47-48)49(57(3,54)55)20-21-8-10-25(56-2)11-9-21)50-36(31(45-39(52)53)18-22-16-23(41)19-24(42)17-22)46-35-27(38(50)51)12-14-30(44-35)26-6-4-5-7-29(26)43/h4-17,19,31,45H,18,20H2,1-3H3,(H,52,53). The lowest BCUT2D eigenvalue weighted by atomic mass is 10.0. The summed E-state index contributed by atoms with van der Waals surface area (Å²) < 4.78 is 79.2. The largest absolute Gasteiger partial charge is 0.497 e. The minimum absolute atomic E-state index is 0.0200. The van der Waals surface area contributed by atoms with Gasteiger partial charge < -0.3 is 15.2 Å². The maximum absolute atomic E-state index is 14.9. The molecule has 0 aliphatic carbocycles. The van der Waals surface area contributed by atoms with Gasteiger partial charge in [0.25, 0.3) is 5.56 Å². The molecular weight excluding hydrogens is 787 g/mol. The van der Waals surface area contributed by atoms with E-state index >= 15 is 0 Å². The zero-order valence-electron chi connectivity index (χ0n) is 30.2. The lowest BCUT2D eigenvalue weighted by Gasteiger charge is -2.23. The van der Waals surface area contributed by atoms with E-state index in [4.69, 9.17) is 16.3 Å². The van der Waals surface area contributed by atoms with Crippen molar-refractivity contribution in [3.8, 4) is 22.7 Å². The van der Waals surface area contributed by atoms with Crippen LogP contribution in [0.4, 0.5) is 23.8 Å². The number of nitrogens with one attached hydrogen (secondary N) is 1. The van der Waals surface area contributed by atoms with Crippen LogP contribution in [0.5, 0.6) is 5.75 Å². The van der Waals surface area contributed by atoms with Gasteiger partial charge in [-0.2, -0.15) is 5.10 Å². The Morgan fingerprint density at radius 2 is 1.67 bits per heavy atom. The van der Waals surface area contributed by atoms with Crippen molar-refractivity contribution in [1.29, 1.82) is 0 Å². The number of sulfonamides is 1. The number of carbonyl (C=O) groups is 1. The molecule has 18 heteroatoms. The van der Waals surface area contributed by atoms with E-state index in [0.29, 0.717) is 17.4 Å². The van der Waals surface area contributed by atoms with E-state index in [1.807, 2.05) is 0 Å². The van der Waals surface area contributed by atoms with Gasteiger partial charge in [-0.15, -0.1) is 0 Å². The van der Waals surface area contributed by atoms with Crippen molar-refractivity contribution in [3.05, 3.63) is 141 Å². The topological polar surface area (TPSA) is 162 Å². The number of carboxylic acid groups (broad SMARTS) is 1. The summed E-state index contributed by atoms with van der Waals surface area (Å²) in [6, 6.07) is 19.4. The summed E-state index contributed by atoms with van der Waals surface area (Å²) in [4.78, 5) is 36.2. The number of nitrogens with zero attached hydrogens (tertiary/aromatic N) is 6. The molecule has 3 heterocycles. The first-order valence-corrected chi connectivity index (χ1v) is 19.2. The molecule has 292 valence electrons. The van der Waals surface area contributed by atoms with Gasteiger partial charge in [-0.05, 0) is 71.8 Å². The molecule has 0 aliphatic rings. The molecule has 13 nitrogen and oxygen atoms in total. The second-order valence-corrected chi connectivity index (χ2v) is 15.3. The summed E-state index contributed by atoms with van der Waals surface area (Å²) in [6.45, 7) is -0.164. The number of aryl methyl sites for hydroxylation is 1. The molecule has 1 unspecified atom stereocenters. The van der Waals surface area contributed by atoms with Gasteiger partial charge in [-0.1, -0.05) is 35.9 Å². The zero-order chi connectivity index (χ0) is 40.8. The normalized spacial score (nSPS) is 12.2. The highest BCUT2D eigenvalue weighted by Gasteiger charge is 2.30. The molecule has 0 bridgehead atoms. The lowest BCUT2D eigenvalue weighted by molar-refractivity contribution is 0.189. The molecule has 3 aromatic heterocycles. The van der Waals surface area contributed by atoms with Crippen molar-refractivity contribution in [2.24, 2.45) is 7.05 Å². The Balaban J connectivity index is 1.50. The van der Waals surface area contributed by atoms with Gasteiger partial charge in [0.1, 0.15) is 29.0 Å². The monoisotopic (exact) mass is 817 g/mol. The smallest absolute Gasteiger partial charge is 0.405 e. The van der Waals surface area contributed by atoms with Crippen LogP contribution in [0, 0.1) is 17.5 Å². The Labute approximate surface area is 327 Å². The molecule has 0 aliphatic heterocycles. The highest BCUT2D eigenvalue weighted by Crippen LogP contribution is 2.38. The van der Waals surface area contributed by atoms with E-state index in [9.17, 15) is 36.3 Å². The third kappa shape index (κ3) is 7.71. The minimum atomic E-state index is -4.03. The van der Waals surface area contributed by atoms with Crippen molar-refractivity contribution in [3.63, 3.8) is 0 Å². The van der Waals surface area contributed by atoms with Gasteiger partial charge in [0.05, 0.1) is 58.6 Å². The number of aromatic nitrogens is 5. The number of methoxy groups -OCH3 is 1. The number of amides is 1. The fourth-order valence-electron chi connectivity index (χ4n) is 6.63. The Hall–Kier alpha value is -6.46. The number of ether oxygens (including phenoxy) is 1. The number of fused-ring (bicyclic) bond motifs is 2. The van der Waals surface area contributed by atoms with Gasteiger partial charge in [-0.25, -0.2) is 40.7 Å². The van der Waals surface area contributed by atoms with Crippen LogP contribution < -0.4 is 19.9 Å². The molecule has 1 amide bonds. The van der Waals surface area contributed by atoms with Crippen LogP contribution in [-0.2, 0) is 30.0 Å². The van der Waals surface area contributed by atoms with Gasteiger partial charge in [0.2, 0.25) is 10.0 Å². The number of hydrogen-bond acceptors (Lipinski definition) is 8. The third-order valence-electron chi connectivity index (χ3n) is 9.14. The molecule has 0 spiro atoms. The van der Waals surface area contributed by atoms with Crippen LogP contribution in [-0.4, -0.2) is 57.3 Å². The fourth-order valence-corrected chi connectivity index (χ4v) is 7.69. The second kappa shape index (κ2) is 15.2. The van der Waals surface area contributed by atoms with E-state index in [2.05, 4.69) is 20.4 Å². The predicted octanol–water partition coefficient (Wildman–Crippen LogP) is 6.93. The maximum Gasteiger partial charge on any atom is 0.405 e. The second-order valence-electron chi connectivity index (χ2n) is 13.0. The molecule has 0 fully saturated rings. The Morgan fingerprint density at radius 1 is 0.965 bits per heavy atom. The molecule has 7 aromatic rings. The highest BCUT2D eigenvalue weighted by molar-refractivity contribution is 7.92. The SMILES string of the molecule is COc1ccc(CN(c2nn(C)c3c(-n4c(C(Cc5cc(F)cc(F)c5)NC(=O)O)nc5nc(-c6ccccc6F)ccc5c4=O)ccc(Cl)c23)S(C)(=O)=O)cc1. The summed E-state index contributed by atoms with van der Waals surface area (Å²) in [7, 11) is -1.03. The quantitative estimate of drug-likeness (QED) is 0.141. The van der Waals surface area contributed by atoms with Gasteiger partial charge in [0, 0.05) is 25.1 Å². The Morgan fingerprint density at radius 3 is 2.32 bits per heavy atom. The fraction of sp³-hybridized carbons (Fsp3) is 0.154. The molecule has 1 atom stereocenters. The minimum Gasteiger partial charge on any atom is -0.497 e. The highest BCUT2D eigenvalue weighted by atomic mass is 35.5. The third-order valence-corrected chi connectivity index (χ3v) is 10.6. The van der Waals surface area contributed by atoms with Crippen molar-refractivity contribution >= 4 is 55.5 Å². The van der Waals surface area contributed by atoms with Crippen LogP contribution in [0.2, 0.25) is 5.02 Å². The molecule has 0 radical (unpaired) electrons. The first-order chi connectivity index (χ1) is 27.1. The van der Waals surface area contributed by atoms with E-state index in [-0.39, 0.29) is 67.7 Å². The number of rotatable bonds is 11. The predicted molar refractivity (Wildman–Crippen MR) is 208 cm³/mol. The van der Waals surface area contributed by atoms with E-state index in [1.165, 1.54) is 61.3 Å². The molecule has 0 saturated carbocycles. The van der Waals surface area contributed by atoms with E-state index in [1.54, 1.807) is 30.3 Å². The number of benzene rings is 4. The summed E-state index contributed by atoms with van der Waals surface area (Å²) in [5.74, 6) is -2.24. The average molecular weight is 818 g/mol. The van der Waals surface area contributed by atoms with Crippen molar-refractivity contribution in [2.75, 3.05) is 17.7 Å². The molecule has 57 heavy (non-hydrogen) atoms. The van der Waals surface area contributed by atoms with Gasteiger partial charge in [-0.3, -0.25) is 14.0 Å². The number of hydrogen-bond donors (Lipinski definition) is 2. The molecule has 2 N–H and O–H groups in total. The van der Waals surface area contributed by atoms with Crippen molar-refractivity contribution < 1.29 is 36.2 Å². The number of pyridine rings is 1. The lowest BCUT2D eigenvalue weighted by Crippen LogP contribution is -2.35. The summed E-state index contributed by atoms with van der Waals surface area (Å²) in [6.07, 6.45) is -0.953. The summed E-state index contributed by atoms with van der Waals surface area (Å²) in [5, 5.41) is 17.0. The van der Waals surface area contributed by atoms with Crippen LogP contribution in [0.1, 0.15) is 23.0 Å². The van der Waals surface area contributed by atoms with Crippen molar-refractivity contribution in [1.82, 2.24) is 29.6 Å².